The molecule has 1 fully saturated rings. The predicted molar refractivity (Wildman–Crippen MR) is 86.5 cm³/mol. The van der Waals surface area contributed by atoms with Crippen LogP contribution in [-0.4, -0.2) is 23.2 Å². The van der Waals surface area contributed by atoms with Gasteiger partial charge in [-0.05, 0) is 31.1 Å². The number of halogens is 2. The minimum absolute atomic E-state index is 0.0283. The molecular formula is C16H19Cl2NO2. The van der Waals surface area contributed by atoms with Crippen LogP contribution in [0.4, 0.5) is 0 Å². The normalized spacial score (nSPS) is 17.9. The lowest BCUT2D eigenvalue weighted by Gasteiger charge is -2.36. The highest BCUT2D eigenvalue weighted by atomic mass is 35.5. The minimum Gasteiger partial charge on any atom is -0.394 e. The summed E-state index contributed by atoms with van der Waals surface area (Å²) in [5.74, 6) is -0.234. The average molecular weight is 328 g/mol. The molecule has 2 rings (SSSR count). The molecule has 0 aromatic heterocycles. The van der Waals surface area contributed by atoms with Crippen LogP contribution in [-0.2, 0) is 4.79 Å². The first-order chi connectivity index (χ1) is 10.1. The number of hydrogen-bond donors (Lipinski definition) is 2. The number of hydrogen-bond acceptors (Lipinski definition) is 2. The first kappa shape index (κ1) is 16.3. The summed E-state index contributed by atoms with van der Waals surface area (Å²) in [7, 11) is 0. The number of aliphatic hydroxyl groups is 1. The summed E-state index contributed by atoms with van der Waals surface area (Å²) in [6.07, 6.45) is 7.86. The Bertz CT molecular complexity index is 517. The molecule has 0 unspecified atom stereocenters. The van der Waals surface area contributed by atoms with E-state index in [0.717, 1.165) is 32.1 Å². The van der Waals surface area contributed by atoms with E-state index in [2.05, 4.69) is 5.32 Å². The molecule has 21 heavy (non-hydrogen) atoms. The van der Waals surface area contributed by atoms with E-state index in [9.17, 15) is 9.90 Å². The second-order valence-corrected chi connectivity index (χ2v) is 6.27. The topological polar surface area (TPSA) is 49.3 Å². The third kappa shape index (κ3) is 4.22. The van der Waals surface area contributed by atoms with Crippen molar-refractivity contribution >= 4 is 35.2 Å². The second-order valence-electron chi connectivity index (χ2n) is 5.46. The van der Waals surface area contributed by atoms with Gasteiger partial charge < -0.3 is 10.4 Å². The van der Waals surface area contributed by atoms with E-state index < -0.39 is 5.54 Å². The number of rotatable bonds is 4. The monoisotopic (exact) mass is 327 g/mol. The third-order valence-electron chi connectivity index (χ3n) is 3.90. The first-order valence-electron chi connectivity index (χ1n) is 7.11. The molecule has 1 aliphatic rings. The van der Waals surface area contributed by atoms with E-state index in [4.69, 9.17) is 23.2 Å². The highest BCUT2D eigenvalue weighted by Gasteiger charge is 2.32. The van der Waals surface area contributed by atoms with Gasteiger partial charge in [0.2, 0.25) is 5.91 Å². The lowest BCUT2D eigenvalue weighted by molar-refractivity contribution is -0.119. The zero-order chi connectivity index (χ0) is 15.3. The molecule has 0 bridgehead atoms. The van der Waals surface area contributed by atoms with Crippen molar-refractivity contribution in [3.63, 3.8) is 0 Å². The summed E-state index contributed by atoms with van der Waals surface area (Å²) in [6, 6.07) is 5.20. The SMILES string of the molecule is O=C(C=Cc1c(Cl)cccc1Cl)NC1(CO)CCCCC1. The molecule has 3 nitrogen and oxygen atoms in total. The largest absolute Gasteiger partial charge is 0.394 e. The molecule has 0 radical (unpaired) electrons. The summed E-state index contributed by atoms with van der Waals surface area (Å²) in [4.78, 5) is 12.1. The van der Waals surface area contributed by atoms with Gasteiger partial charge in [0.15, 0.2) is 0 Å². The van der Waals surface area contributed by atoms with E-state index in [1.54, 1.807) is 24.3 Å². The van der Waals surface area contributed by atoms with Crippen molar-refractivity contribution in [2.75, 3.05) is 6.61 Å². The second kappa shape index (κ2) is 7.30. The molecule has 1 aromatic rings. The first-order valence-corrected chi connectivity index (χ1v) is 7.87. The summed E-state index contributed by atoms with van der Waals surface area (Å²) >= 11 is 12.1. The standard InChI is InChI=1S/C16H19Cl2NO2/c17-13-5-4-6-14(18)12(13)7-8-15(21)19-16(11-20)9-2-1-3-10-16/h4-8,20H,1-3,9-11H2,(H,19,21). The Morgan fingerprint density at radius 1 is 1.24 bits per heavy atom. The lowest BCUT2D eigenvalue weighted by Crippen LogP contribution is -2.52. The molecule has 0 aliphatic heterocycles. The Kier molecular flexibility index (Phi) is 5.68. The van der Waals surface area contributed by atoms with Crippen LogP contribution in [0.2, 0.25) is 10.0 Å². The maximum absolute atomic E-state index is 12.1. The Morgan fingerprint density at radius 3 is 2.43 bits per heavy atom. The van der Waals surface area contributed by atoms with Crippen LogP contribution < -0.4 is 5.32 Å². The van der Waals surface area contributed by atoms with Crippen LogP contribution in [0.15, 0.2) is 24.3 Å². The molecule has 1 saturated carbocycles. The summed E-state index contributed by atoms with van der Waals surface area (Å²) in [5.41, 5.74) is 0.141. The van der Waals surface area contributed by atoms with Gasteiger partial charge >= 0.3 is 0 Å². The average Bonchev–Trinajstić information content (AvgIpc) is 2.47. The molecule has 1 aromatic carbocycles. The van der Waals surface area contributed by atoms with Gasteiger partial charge in [0.25, 0.3) is 0 Å². The fourth-order valence-electron chi connectivity index (χ4n) is 2.68. The molecule has 114 valence electrons. The Balaban J connectivity index is 2.05. The lowest BCUT2D eigenvalue weighted by atomic mass is 9.82. The van der Waals surface area contributed by atoms with Crippen LogP contribution in [0, 0.1) is 0 Å². The van der Waals surface area contributed by atoms with Crippen molar-refractivity contribution < 1.29 is 9.90 Å². The number of carbonyl (C=O) groups excluding carboxylic acids is 1. The van der Waals surface area contributed by atoms with Crippen LogP contribution in [0.1, 0.15) is 37.7 Å². The predicted octanol–water partition coefficient (Wildman–Crippen LogP) is 3.82. The van der Waals surface area contributed by atoms with Gasteiger partial charge in [-0.25, -0.2) is 0 Å². The van der Waals surface area contributed by atoms with Crippen molar-refractivity contribution in [3.8, 4) is 0 Å². The van der Waals surface area contributed by atoms with Crippen molar-refractivity contribution in [1.29, 1.82) is 0 Å². The quantitative estimate of drug-likeness (QED) is 0.826. The molecule has 0 saturated heterocycles. The van der Waals surface area contributed by atoms with E-state index in [-0.39, 0.29) is 12.5 Å². The number of carbonyl (C=O) groups is 1. The van der Waals surface area contributed by atoms with Gasteiger partial charge in [0.1, 0.15) is 0 Å². The van der Waals surface area contributed by atoms with Gasteiger partial charge in [-0.15, -0.1) is 0 Å². The highest BCUT2D eigenvalue weighted by Crippen LogP contribution is 2.28. The summed E-state index contributed by atoms with van der Waals surface area (Å²) < 4.78 is 0. The number of nitrogens with one attached hydrogen (secondary N) is 1. The van der Waals surface area contributed by atoms with Crippen molar-refractivity contribution in [3.05, 3.63) is 39.9 Å². The van der Waals surface area contributed by atoms with Crippen molar-refractivity contribution in [2.24, 2.45) is 0 Å². The number of amides is 1. The zero-order valence-electron chi connectivity index (χ0n) is 11.7. The smallest absolute Gasteiger partial charge is 0.244 e. The van der Waals surface area contributed by atoms with Crippen LogP contribution in [0.3, 0.4) is 0 Å². The molecule has 0 atom stereocenters. The van der Waals surface area contributed by atoms with Crippen LogP contribution in [0.5, 0.6) is 0 Å². The van der Waals surface area contributed by atoms with E-state index in [0.29, 0.717) is 15.6 Å². The van der Waals surface area contributed by atoms with Crippen molar-refractivity contribution in [1.82, 2.24) is 5.32 Å². The van der Waals surface area contributed by atoms with E-state index in [1.807, 2.05) is 0 Å². The number of aliphatic hydroxyl groups excluding tert-OH is 1. The highest BCUT2D eigenvalue weighted by molar-refractivity contribution is 6.37. The van der Waals surface area contributed by atoms with Gasteiger partial charge in [0, 0.05) is 21.7 Å². The Morgan fingerprint density at radius 2 is 1.86 bits per heavy atom. The van der Waals surface area contributed by atoms with Gasteiger partial charge in [-0.2, -0.15) is 0 Å². The van der Waals surface area contributed by atoms with Crippen LogP contribution >= 0.6 is 23.2 Å². The fourth-order valence-corrected chi connectivity index (χ4v) is 3.21. The van der Waals surface area contributed by atoms with E-state index >= 15 is 0 Å². The summed E-state index contributed by atoms with van der Waals surface area (Å²) in [6.45, 7) is -0.0283. The van der Waals surface area contributed by atoms with Gasteiger partial charge in [-0.1, -0.05) is 48.5 Å². The Hall–Kier alpha value is -1.03. The maximum atomic E-state index is 12.1. The zero-order valence-corrected chi connectivity index (χ0v) is 13.3. The Labute approximate surface area is 134 Å². The van der Waals surface area contributed by atoms with E-state index in [1.165, 1.54) is 6.08 Å². The molecule has 2 N–H and O–H groups in total. The number of benzene rings is 1. The molecule has 0 spiro atoms. The van der Waals surface area contributed by atoms with Gasteiger partial charge in [-0.3, -0.25) is 4.79 Å². The minimum atomic E-state index is -0.482. The molecule has 1 amide bonds. The molecule has 0 heterocycles. The molecular weight excluding hydrogens is 309 g/mol. The van der Waals surface area contributed by atoms with Crippen molar-refractivity contribution in [2.45, 2.75) is 37.6 Å². The van der Waals surface area contributed by atoms with Crippen LogP contribution in [0.25, 0.3) is 6.08 Å². The van der Waals surface area contributed by atoms with Gasteiger partial charge in [0.05, 0.1) is 12.1 Å². The molecule has 1 aliphatic carbocycles. The fraction of sp³-hybridized carbons (Fsp3) is 0.438. The maximum Gasteiger partial charge on any atom is 0.244 e. The third-order valence-corrected chi connectivity index (χ3v) is 4.56. The molecule has 5 heteroatoms. The summed E-state index contributed by atoms with van der Waals surface area (Å²) in [5, 5.41) is 13.5.